The summed E-state index contributed by atoms with van der Waals surface area (Å²) in [4.78, 5) is 35.0. The second-order valence-electron chi connectivity index (χ2n) is 6.50. The molecule has 1 unspecified atom stereocenters. The van der Waals surface area contributed by atoms with Crippen molar-refractivity contribution in [2.45, 2.75) is 32.6 Å². The van der Waals surface area contributed by atoms with Crippen LogP contribution in [-0.2, 0) is 20.8 Å². The molecule has 0 bridgehead atoms. The first-order chi connectivity index (χ1) is 12.8. The van der Waals surface area contributed by atoms with E-state index in [1.165, 1.54) is 5.56 Å². The van der Waals surface area contributed by atoms with Gasteiger partial charge in [0.1, 0.15) is 0 Å². The third kappa shape index (κ3) is 6.58. The number of amides is 2. The van der Waals surface area contributed by atoms with Crippen LogP contribution in [0.4, 0.5) is 5.69 Å². The van der Waals surface area contributed by atoms with Crippen molar-refractivity contribution in [1.82, 2.24) is 5.32 Å². The number of aliphatic carboxylic acids is 1. The minimum Gasteiger partial charge on any atom is -0.481 e. The molecule has 0 aromatic heterocycles. The van der Waals surface area contributed by atoms with Crippen molar-refractivity contribution in [1.29, 1.82) is 0 Å². The number of aryl methyl sites for hydroxylation is 2. The van der Waals surface area contributed by atoms with Crippen molar-refractivity contribution in [2.75, 3.05) is 11.9 Å². The standard InChI is InChI=1S/C21H24N2O4/c1-14-6-8-16(9-7-14)10-11-19(24)22-13-20(25)23-18-5-3-4-17(12-18)15(2)21(26)27/h3-9,12,15H,10-11,13H2,1-2H3,(H,22,24)(H,23,25)(H,26,27). The average molecular weight is 368 g/mol. The van der Waals surface area contributed by atoms with Crippen LogP contribution in [0.1, 0.15) is 36.0 Å². The fourth-order valence-electron chi connectivity index (χ4n) is 2.51. The van der Waals surface area contributed by atoms with Gasteiger partial charge >= 0.3 is 5.97 Å². The van der Waals surface area contributed by atoms with E-state index in [1.54, 1.807) is 31.2 Å². The van der Waals surface area contributed by atoms with Gasteiger partial charge in [0.05, 0.1) is 12.5 Å². The molecule has 0 saturated heterocycles. The lowest BCUT2D eigenvalue weighted by atomic mass is 10.0. The molecular formula is C21H24N2O4. The number of hydrogen-bond donors (Lipinski definition) is 3. The van der Waals surface area contributed by atoms with Gasteiger partial charge in [-0.05, 0) is 43.5 Å². The number of nitrogens with one attached hydrogen (secondary N) is 2. The molecule has 6 nitrogen and oxygen atoms in total. The molecule has 0 fully saturated rings. The van der Waals surface area contributed by atoms with E-state index in [-0.39, 0.29) is 18.4 Å². The van der Waals surface area contributed by atoms with Gasteiger partial charge in [-0.3, -0.25) is 14.4 Å². The lowest BCUT2D eigenvalue weighted by Crippen LogP contribution is -2.33. The van der Waals surface area contributed by atoms with E-state index in [1.807, 2.05) is 31.2 Å². The zero-order valence-electron chi connectivity index (χ0n) is 15.5. The number of carboxylic acid groups (broad SMARTS) is 1. The minimum absolute atomic E-state index is 0.133. The molecule has 2 amide bonds. The molecule has 6 heteroatoms. The minimum atomic E-state index is -0.931. The van der Waals surface area contributed by atoms with Crippen molar-refractivity contribution in [3.05, 3.63) is 65.2 Å². The Morgan fingerprint density at radius 2 is 1.74 bits per heavy atom. The van der Waals surface area contributed by atoms with E-state index in [0.717, 1.165) is 5.56 Å². The van der Waals surface area contributed by atoms with Crippen molar-refractivity contribution in [2.24, 2.45) is 0 Å². The van der Waals surface area contributed by atoms with Gasteiger partial charge in [-0.25, -0.2) is 0 Å². The van der Waals surface area contributed by atoms with E-state index in [0.29, 0.717) is 24.1 Å². The molecule has 0 heterocycles. The maximum Gasteiger partial charge on any atom is 0.310 e. The van der Waals surface area contributed by atoms with Crippen LogP contribution in [0.3, 0.4) is 0 Å². The van der Waals surface area contributed by atoms with E-state index < -0.39 is 11.9 Å². The summed E-state index contributed by atoms with van der Waals surface area (Å²) >= 11 is 0. The number of carbonyl (C=O) groups is 3. The highest BCUT2D eigenvalue weighted by molar-refractivity contribution is 5.94. The fourth-order valence-corrected chi connectivity index (χ4v) is 2.51. The van der Waals surface area contributed by atoms with Gasteiger partial charge in [-0.15, -0.1) is 0 Å². The highest BCUT2D eigenvalue weighted by Crippen LogP contribution is 2.19. The number of hydrogen-bond acceptors (Lipinski definition) is 3. The molecule has 0 aliphatic rings. The molecule has 0 spiro atoms. The smallest absolute Gasteiger partial charge is 0.310 e. The zero-order valence-corrected chi connectivity index (χ0v) is 15.5. The molecule has 0 saturated carbocycles. The number of rotatable bonds is 8. The molecule has 3 N–H and O–H groups in total. The largest absolute Gasteiger partial charge is 0.481 e. The first kappa shape index (κ1) is 20.2. The third-order valence-electron chi connectivity index (χ3n) is 4.25. The number of carbonyl (C=O) groups excluding carboxylic acids is 2. The van der Waals surface area contributed by atoms with Crippen LogP contribution in [0, 0.1) is 6.92 Å². The van der Waals surface area contributed by atoms with Gasteiger partial charge in [0.2, 0.25) is 11.8 Å². The molecule has 27 heavy (non-hydrogen) atoms. The van der Waals surface area contributed by atoms with Crippen molar-refractivity contribution in [3.8, 4) is 0 Å². The topological polar surface area (TPSA) is 95.5 Å². The van der Waals surface area contributed by atoms with Crippen molar-refractivity contribution < 1.29 is 19.5 Å². The van der Waals surface area contributed by atoms with Gasteiger partial charge in [-0.1, -0.05) is 42.0 Å². The first-order valence-corrected chi connectivity index (χ1v) is 8.80. The normalized spacial score (nSPS) is 11.5. The van der Waals surface area contributed by atoms with Crippen LogP contribution in [0.5, 0.6) is 0 Å². The molecule has 0 aliphatic heterocycles. The predicted octanol–water partition coefficient (Wildman–Crippen LogP) is 2.87. The third-order valence-corrected chi connectivity index (χ3v) is 4.25. The molecule has 2 rings (SSSR count). The molecular weight excluding hydrogens is 344 g/mol. The molecule has 2 aromatic carbocycles. The van der Waals surface area contributed by atoms with Crippen LogP contribution >= 0.6 is 0 Å². The van der Waals surface area contributed by atoms with Gasteiger partial charge < -0.3 is 15.7 Å². The predicted molar refractivity (Wildman–Crippen MR) is 104 cm³/mol. The zero-order chi connectivity index (χ0) is 19.8. The van der Waals surface area contributed by atoms with Crippen LogP contribution in [-0.4, -0.2) is 29.4 Å². The lowest BCUT2D eigenvalue weighted by molar-refractivity contribution is -0.138. The Labute approximate surface area is 158 Å². The Hall–Kier alpha value is -3.15. The van der Waals surface area contributed by atoms with Crippen molar-refractivity contribution >= 4 is 23.5 Å². The van der Waals surface area contributed by atoms with Gasteiger partial charge in [0.25, 0.3) is 0 Å². The van der Waals surface area contributed by atoms with E-state index >= 15 is 0 Å². The summed E-state index contributed by atoms with van der Waals surface area (Å²) in [6.45, 7) is 3.45. The molecule has 0 aliphatic carbocycles. The summed E-state index contributed by atoms with van der Waals surface area (Å²) in [6.07, 6.45) is 0.921. The average Bonchev–Trinajstić information content (AvgIpc) is 2.65. The Morgan fingerprint density at radius 3 is 2.41 bits per heavy atom. The SMILES string of the molecule is Cc1ccc(CCC(=O)NCC(=O)Nc2cccc(C(C)C(=O)O)c2)cc1. The summed E-state index contributed by atoms with van der Waals surface area (Å²) < 4.78 is 0. The Balaban J connectivity index is 1.78. The van der Waals surface area contributed by atoms with Gasteiger partial charge in [0, 0.05) is 12.1 Å². The van der Waals surface area contributed by atoms with Crippen LogP contribution in [0.15, 0.2) is 48.5 Å². The Bertz CT molecular complexity index is 815. The summed E-state index contributed by atoms with van der Waals surface area (Å²) in [5.74, 6) is -2.15. The maximum atomic E-state index is 12.0. The summed E-state index contributed by atoms with van der Waals surface area (Å²) in [5, 5.41) is 14.3. The van der Waals surface area contributed by atoms with Crippen LogP contribution < -0.4 is 10.6 Å². The Morgan fingerprint density at radius 1 is 1.04 bits per heavy atom. The number of carboxylic acids is 1. The number of anilines is 1. The molecule has 0 radical (unpaired) electrons. The van der Waals surface area contributed by atoms with Gasteiger partial charge in [-0.2, -0.15) is 0 Å². The van der Waals surface area contributed by atoms with Crippen LogP contribution in [0.2, 0.25) is 0 Å². The highest BCUT2D eigenvalue weighted by atomic mass is 16.4. The van der Waals surface area contributed by atoms with E-state index in [2.05, 4.69) is 10.6 Å². The highest BCUT2D eigenvalue weighted by Gasteiger charge is 2.14. The van der Waals surface area contributed by atoms with Crippen molar-refractivity contribution in [3.63, 3.8) is 0 Å². The number of benzene rings is 2. The lowest BCUT2D eigenvalue weighted by Gasteiger charge is -2.10. The fraction of sp³-hybridized carbons (Fsp3) is 0.286. The summed E-state index contributed by atoms with van der Waals surface area (Å²) in [7, 11) is 0. The Kier molecular flexibility index (Phi) is 7.11. The van der Waals surface area contributed by atoms with Gasteiger partial charge in [0.15, 0.2) is 0 Å². The maximum absolute atomic E-state index is 12.0. The monoisotopic (exact) mass is 368 g/mol. The quantitative estimate of drug-likeness (QED) is 0.668. The first-order valence-electron chi connectivity index (χ1n) is 8.80. The summed E-state index contributed by atoms with van der Waals surface area (Å²) in [5.41, 5.74) is 3.34. The second-order valence-corrected chi connectivity index (χ2v) is 6.50. The van der Waals surface area contributed by atoms with E-state index in [4.69, 9.17) is 5.11 Å². The molecule has 2 aromatic rings. The second kappa shape index (κ2) is 9.52. The molecule has 1 atom stereocenters. The summed E-state index contributed by atoms with van der Waals surface area (Å²) in [6, 6.07) is 14.7. The molecule has 142 valence electrons. The van der Waals surface area contributed by atoms with E-state index in [9.17, 15) is 14.4 Å². The van der Waals surface area contributed by atoms with Crippen LogP contribution in [0.25, 0.3) is 0 Å².